The normalized spacial score (nSPS) is 27.6. The van der Waals surface area contributed by atoms with Crippen molar-refractivity contribution in [1.82, 2.24) is 0 Å². The molecule has 0 radical (unpaired) electrons. The lowest BCUT2D eigenvalue weighted by molar-refractivity contribution is -0.0152. The lowest BCUT2D eigenvalue weighted by Crippen LogP contribution is -2.26. The van der Waals surface area contributed by atoms with Gasteiger partial charge in [-0.3, -0.25) is 0 Å². The van der Waals surface area contributed by atoms with Gasteiger partial charge in [0, 0.05) is 7.11 Å². The fraction of sp³-hybridized carbons (Fsp3) is 0.833. The van der Waals surface area contributed by atoms with Crippen LogP contribution in [0.5, 0.6) is 0 Å². The third-order valence-corrected chi connectivity index (χ3v) is 2.84. The van der Waals surface area contributed by atoms with Crippen LogP contribution in [0.4, 0.5) is 0 Å². The van der Waals surface area contributed by atoms with Crippen molar-refractivity contribution >= 4 is 0 Å². The first-order chi connectivity index (χ1) is 6.72. The maximum atomic E-state index is 5.77. The van der Waals surface area contributed by atoms with E-state index < -0.39 is 0 Å². The third kappa shape index (κ3) is 4.25. The average molecular weight is 198 g/mol. The molecule has 1 aliphatic rings. The van der Waals surface area contributed by atoms with Gasteiger partial charge in [-0.2, -0.15) is 0 Å². The summed E-state index contributed by atoms with van der Waals surface area (Å²) in [6.45, 7) is 6.74. The van der Waals surface area contributed by atoms with E-state index in [1.807, 2.05) is 6.92 Å². The van der Waals surface area contributed by atoms with Crippen LogP contribution in [0.1, 0.15) is 39.0 Å². The van der Waals surface area contributed by atoms with Gasteiger partial charge in [-0.25, -0.2) is 0 Å². The second-order valence-corrected chi connectivity index (χ2v) is 4.21. The van der Waals surface area contributed by atoms with Crippen LogP contribution in [0.25, 0.3) is 0 Å². The number of ether oxygens (including phenoxy) is 2. The molecule has 0 aliphatic heterocycles. The molecule has 1 aliphatic carbocycles. The van der Waals surface area contributed by atoms with Crippen molar-refractivity contribution in [3.8, 4) is 0 Å². The Hall–Kier alpha value is -0.340. The SMILES string of the molecule is C=C(C)CCOC1CCC(OC)CC1. The van der Waals surface area contributed by atoms with Gasteiger partial charge in [0.2, 0.25) is 0 Å². The Morgan fingerprint density at radius 2 is 1.79 bits per heavy atom. The standard InChI is InChI=1S/C12H22O2/c1-10(2)8-9-14-12-6-4-11(13-3)5-7-12/h11-12H,1,4-9H2,2-3H3. The summed E-state index contributed by atoms with van der Waals surface area (Å²) in [6, 6.07) is 0. The van der Waals surface area contributed by atoms with Gasteiger partial charge in [0.25, 0.3) is 0 Å². The van der Waals surface area contributed by atoms with Crippen molar-refractivity contribution in [2.75, 3.05) is 13.7 Å². The molecule has 0 aromatic heterocycles. The Morgan fingerprint density at radius 1 is 1.21 bits per heavy atom. The molecule has 1 rings (SSSR count). The van der Waals surface area contributed by atoms with E-state index in [1.165, 1.54) is 5.57 Å². The van der Waals surface area contributed by atoms with Crippen LogP contribution >= 0.6 is 0 Å². The number of rotatable bonds is 5. The van der Waals surface area contributed by atoms with E-state index in [0.717, 1.165) is 38.7 Å². The molecule has 14 heavy (non-hydrogen) atoms. The molecule has 0 bridgehead atoms. The molecule has 0 aromatic carbocycles. The summed E-state index contributed by atoms with van der Waals surface area (Å²) in [7, 11) is 1.80. The van der Waals surface area contributed by atoms with Crippen molar-refractivity contribution in [2.45, 2.75) is 51.2 Å². The van der Waals surface area contributed by atoms with Crippen LogP contribution in [-0.2, 0) is 9.47 Å². The lowest BCUT2D eigenvalue weighted by atomic mass is 9.95. The highest BCUT2D eigenvalue weighted by Crippen LogP contribution is 2.23. The first-order valence-corrected chi connectivity index (χ1v) is 5.51. The van der Waals surface area contributed by atoms with Crippen LogP contribution in [0.15, 0.2) is 12.2 Å². The fourth-order valence-electron chi connectivity index (χ4n) is 1.83. The first-order valence-electron chi connectivity index (χ1n) is 5.51. The van der Waals surface area contributed by atoms with Gasteiger partial charge >= 0.3 is 0 Å². The molecule has 1 saturated carbocycles. The second kappa shape index (κ2) is 6.20. The molecule has 0 spiro atoms. The van der Waals surface area contributed by atoms with Gasteiger partial charge in [-0.05, 0) is 39.0 Å². The Labute approximate surface area is 87.3 Å². The molecule has 82 valence electrons. The fourth-order valence-corrected chi connectivity index (χ4v) is 1.83. The Balaban J connectivity index is 2.07. The molecule has 0 unspecified atom stereocenters. The molecule has 0 atom stereocenters. The summed E-state index contributed by atoms with van der Waals surface area (Å²) < 4.78 is 11.1. The van der Waals surface area contributed by atoms with Crippen molar-refractivity contribution in [3.05, 3.63) is 12.2 Å². The van der Waals surface area contributed by atoms with Crippen LogP contribution in [0, 0.1) is 0 Å². The smallest absolute Gasteiger partial charge is 0.0577 e. The molecule has 1 fully saturated rings. The molecule has 0 N–H and O–H groups in total. The van der Waals surface area contributed by atoms with E-state index in [2.05, 4.69) is 6.58 Å². The molecule has 0 heterocycles. The van der Waals surface area contributed by atoms with Crippen molar-refractivity contribution in [1.29, 1.82) is 0 Å². The highest BCUT2D eigenvalue weighted by Gasteiger charge is 2.20. The van der Waals surface area contributed by atoms with Crippen LogP contribution < -0.4 is 0 Å². The predicted octanol–water partition coefficient (Wildman–Crippen LogP) is 2.93. The first kappa shape index (κ1) is 11.7. The largest absolute Gasteiger partial charge is 0.381 e. The molecule has 2 heteroatoms. The molecular weight excluding hydrogens is 176 g/mol. The minimum Gasteiger partial charge on any atom is -0.381 e. The third-order valence-electron chi connectivity index (χ3n) is 2.84. The summed E-state index contributed by atoms with van der Waals surface area (Å²) in [5, 5.41) is 0. The van der Waals surface area contributed by atoms with E-state index >= 15 is 0 Å². The quantitative estimate of drug-likeness (QED) is 0.632. The van der Waals surface area contributed by atoms with Gasteiger partial charge in [0.05, 0.1) is 18.8 Å². The molecular formula is C12H22O2. The van der Waals surface area contributed by atoms with E-state index in [4.69, 9.17) is 9.47 Å². The van der Waals surface area contributed by atoms with Crippen molar-refractivity contribution in [2.24, 2.45) is 0 Å². The van der Waals surface area contributed by atoms with Gasteiger partial charge in [-0.15, -0.1) is 6.58 Å². The van der Waals surface area contributed by atoms with Gasteiger partial charge in [0.1, 0.15) is 0 Å². The van der Waals surface area contributed by atoms with Gasteiger partial charge < -0.3 is 9.47 Å². The summed E-state index contributed by atoms with van der Waals surface area (Å²) >= 11 is 0. The Bertz CT molecular complexity index is 169. The van der Waals surface area contributed by atoms with Crippen LogP contribution in [0.2, 0.25) is 0 Å². The minimum atomic E-state index is 0.459. The van der Waals surface area contributed by atoms with E-state index in [9.17, 15) is 0 Å². The topological polar surface area (TPSA) is 18.5 Å². The zero-order valence-corrected chi connectivity index (χ0v) is 9.42. The summed E-state index contributed by atoms with van der Waals surface area (Å²) in [5.41, 5.74) is 1.20. The van der Waals surface area contributed by atoms with Gasteiger partial charge in [0.15, 0.2) is 0 Å². The summed E-state index contributed by atoms with van der Waals surface area (Å²) in [5.74, 6) is 0. The van der Waals surface area contributed by atoms with Crippen LogP contribution in [-0.4, -0.2) is 25.9 Å². The summed E-state index contributed by atoms with van der Waals surface area (Å²) in [6.07, 6.45) is 6.51. The van der Waals surface area contributed by atoms with Crippen LogP contribution in [0.3, 0.4) is 0 Å². The second-order valence-electron chi connectivity index (χ2n) is 4.21. The number of methoxy groups -OCH3 is 1. The van der Waals surface area contributed by atoms with Crippen molar-refractivity contribution < 1.29 is 9.47 Å². The Morgan fingerprint density at radius 3 is 2.29 bits per heavy atom. The monoisotopic (exact) mass is 198 g/mol. The number of hydrogen-bond donors (Lipinski definition) is 0. The number of hydrogen-bond acceptors (Lipinski definition) is 2. The van der Waals surface area contributed by atoms with E-state index in [0.29, 0.717) is 12.2 Å². The van der Waals surface area contributed by atoms with E-state index in [-0.39, 0.29) is 0 Å². The van der Waals surface area contributed by atoms with Crippen molar-refractivity contribution in [3.63, 3.8) is 0 Å². The van der Waals surface area contributed by atoms with E-state index in [1.54, 1.807) is 7.11 Å². The predicted molar refractivity (Wildman–Crippen MR) is 58.4 cm³/mol. The maximum absolute atomic E-state index is 5.77. The highest BCUT2D eigenvalue weighted by molar-refractivity contribution is 4.87. The zero-order valence-electron chi connectivity index (χ0n) is 9.42. The maximum Gasteiger partial charge on any atom is 0.0577 e. The Kier molecular flexibility index (Phi) is 5.20. The highest BCUT2D eigenvalue weighted by atomic mass is 16.5. The molecule has 0 aromatic rings. The lowest BCUT2D eigenvalue weighted by Gasteiger charge is -2.27. The zero-order chi connectivity index (χ0) is 10.4. The molecule has 2 nitrogen and oxygen atoms in total. The molecule has 0 saturated heterocycles. The average Bonchev–Trinajstić information content (AvgIpc) is 2.18. The van der Waals surface area contributed by atoms with Gasteiger partial charge in [-0.1, -0.05) is 5.57 Å². The minimum absolute atomic E-state index is 0.459. The summed E-state index contributed by atoms with van der Waals surface area (Å²) in [4.78, 5) is 0. The molecule has 0 amide bonds.